The number of para-hydroxylation sites is 1. The van der Waals surface area contributed by atoms with Crippen LogP contribution >= 0.6 is 0 Å². The molecule has 1 rings (SSSR count). The molecule has 0 bridgehead atoms. The molecule has 1 aromatic rings. The molecule has 0 aliphatic rings. The summed E-state index contributed by atoms with van der Waals surface area (Å²) in [7, 11) is -2.40. The van der Waals surface area contributed by atoms with Crippen molar-refractivity contribution in [1.29, 1.82) is 0 Å². The SMILES string of the molecule is CN(C)S(=O)(=O)Oc1ccccc1[Si](C)(C)C. The van der Waals surface area contributed by atoms with Gasteiger partial charge in [0.15, 0.2) is 0 Å². The van der Waals surface area contributed by atoms with Crippen LogP contribution in [0.25, 0.3) is 0 Å². The highest BCUT2D eigenvalue weighted by Crippen LogP contribution is 2.16. The molecule has 0 aromatic heterocycles. The van der Waals surface area contributed by atoms with Gasteiger partial charge in [0.05, 0.1) is 8.07 Å². The average Bonchev–Trinajstić information content (AvgIpc) is 2.15. The molecule has 4 nitrogen and oxygen atoms in total. The van der Waals surface area contributed by atoms with E-state index in [0.717, 1.165) is 9.49 Å². The maximum Gasteiger partial charge on any atom is 0.384 e. The van der Waals surface area contributed by atoms with Gasteiger partial charge < -0.3 is 4.18 Å². The van der Waals surface area contributed by atoms with Gasteiger partial charge in [-0.3, -0.25) is 0 Å². The smallest absolute Gasteiger partial charge is 0.371 e. The lowest BCUT2D eigenvalue weighted by Crippen LogP contribution is -2.40. The van der Waals surface area contributed by atoms with Crippen molar-refractivity contribution in [2.45, 2.75) is 19.6 Å². The van der Waals surface area contributed by atoms with Crippen LogP contribution in [0, 0.1) is 0 Å². The minimum absolute atomic E-state index is 0.445. The van der Waals surface area contributed by atoms with Crippen LogP contribution < -0.4 is 9.37 Å². The summed E-state index contributed by atoms with van der Waals surface area (Å²) in [5, 5.41) is 1.01. The van der Waals surface area contributed by atoms with Gasteiger partial charge in [-0.25, -0.2) is 0 Å². The van der Waals surface area contributed by atoms with Crippen molar-refractivity contribution in [3.8, 4) is 5.75 Å². The van der Waals surface area contributed by atoms with Crippen LogP contribution in [-0.4, -0.2) is 34.9 Å². The standard InChI is InChI=1S/C11H19NO3SSi/c1-12(2)16(13,14)15-10-8-6-7-9-11(10)17(3,4)5/h6-9H,1-5H3. The Labute approximate surface area is 104 Å². The first-order chi connectivity index (χ1) is 7.64. The van der Waals surface area contributed by atoms with Crippen molar-refractivity contribution in [3.63, 3.8) is 0 Å². The molecule has 0 aliphatic carbocycles. The zero-order valence-electron chi connectivity index (χ0n) is 10.9. The molecule has 0 amide bonds. The predicted molar refractivity (Wildman–Crippen MR) is 72.7 cm³/mol. The lowest BCUT2D eigenvalue weighted by Gasteiger charge is -2.21. The molecule has 17 heavy (non-hydrogen) atoms. The topological polar surface area (TPSA) is 46.6 Å². The fourth-order valence-corrected chi connectivity index (χ4v) is 3.41. The third-order valence-electron chi connectivity index (χ3n) is 2.34. The molecule has 0 saturated carbocycles. The second-order valence-corrected chi connectivity index (χ2v) is 11.9. The van der Waals surface area contributed by atoms with Crippen LogP contribution in [0.2, 0.25) is 19.6 Å². The van der Waals surface area contributed by atoms with Crippen molar-refractivity contribution >= 4 is 23.6 Å². The van der Waals surface area contributed by atoms with Crippen molar-refractivity contribution < 1.29 is 12.6 Å². The van der Waals surface area contributed by atoms with Gasteiger partial charge in [-0.1, -0.05) is 37.8 Å². The molecular formula is C11H19NO3SSi. The maximum absolute atomic E-state index is 11.7. The van der Waals surface area contributed by atoms with E-state index in [4.69, 9.17) is 4.18 Å². The van der Waals surface area contributed by atoms with Gasteiger partial charge in [0.2, 0.25) is 0 Å². The van der Waals surface area contributed by atoms with Crippen LogP contribution in [0.4, 0.5) is 0 Å². The summed E-state index contributed by atoms with van der Waals surface area (Å²) in [5.41, 5.74) is 0. The van der Waals surface area contributed by atoms with E-state index < -0.39 is 18.4 Å². The van der Waals surface area contributed by atoms with Crippen LogP contribution in [0.1, 0.15) is 0 Å². The van der Waals surface area contributed by atoms with E-state index in [1.165, 1.54) is 14.1 Å². The van der Waals surface area contributed by atoms with Crippen molar-refractivity contribution in [2.24, 2.45) is 0 Å². The van der Waals surface area contributed by atoms with E-state index in [0.29, 0.717) is 5.75 Å². The highest BCUT2D eigenvalue weighted by atomic mass is 32.2. The molecule has 96 valence electrons. The first-order valence-electron chi connectivity index (χ1n) is 5.36. The van der Waals surface area contributed by atoms with E-state index in [-0.39, 0.29) is 0 Å². The monoisotopic (exact) mass is 273 g/mol. The molecule has 0 spiro atoms. The maximum atomic E-state index is 11.7. The van der Waals surface area contributed by atoms with Crippen LogP contribution in [-0.2, 0) is 10.3 Å². The van der Waals surface area contributed by atoms with Gasteiger partial charge >= 0.3 is 10.3 Å². The molecule has 6 heteroatoms. The van der Waals surface area contributed by atoms with Crippen LogP contribution in [0.15, 0.2) is 24.3 Å². The average molecular weight is 273 g/mol. The molecule has 0 aliphatic heterocycles. The van der Waals surface area contributed by atoms with Gasteiger partial charge in [-0.15, -0.1) is 0 Å². The Kier molecular flexibility index (Phi) is 4.01. The van der Waals surface area contributed by atoms with E-state index >= 15 is 0 Å². The Balaban J connectivity index is 3.17. The number of benzene rings is 1. The Bertz CT molecular complexity index is 492. The van der Waals surface area contributed by atoms with Crippen molar-refractivity contribution in [2.75, 3.05) is 14.1 Å². The lowest BCUT2D eigenvalue weighted by molar-refractivity contribution is 0.422. The van der Waals surface area contributed by atoms with Crippen molar-refractivity contribution in [3.05, 3.63) is 24.3 Å². The first kappa shape index (κ1) is 14.2. The molecule has 0 fully saturated rings. The Morgan fingerprint density at radius 2 is 1.65 bits per heavy atom. The van der Waals surface area contributed by atoms with Gasteiger partial charge in [-0.2, -0.15) is 12.7 Å². The molecule has 1 aromatic carbocycles. The first-order valence-corrected chi connectivity index (χ1v) is 10.2. The molecular weight excluding hydrogens is 254 g/mol. The van der Waals surface area contributed by atoms with Crippen molar-refractivity contribution in [1.82, 2.24) is 4.31 Å². The minimum Gasteiger partial charge on any atom is -0.371 e. The van der Waals surface area contributed by atoms with Crippen LogP contribution in [0.3, 0.4) is 0 Å². The summed E-state index contributed by atoms with van der Waals surface area (Å²) in [6.45, 7) is 6.45. The lowest BCUT2D eigenvalue weighted by atomic mass is 10.3. The fourth-order valence-electron chi connectivity index (χ4n) is 1.35. The molecule has 0 N–H and O–H groups in total. The number of rotatable bonds is 4. The summed E-state index contributed by atoms with van der Waals surface area (Å²) in [6, 6.07) is 7.33. The predicted octanol–water partition coefficient (Wildman–Crippen LogP) is 1.42. The van der Waals surface area contributed by atoms with E-state index in [1.54, 1.807) is 12.1 Å². The molecule has 0 saturated heterocycles. The highest BCUT2D eigenvalue weighted by Gasteiger charge is 2.24. The molecule has 0 radical (unpaired) electrons. The van der Waals surface area contributed by atoms with Gasteiger partial charge in [0, 0.05) is 14.1 Å². The van der Waals surface area contributed by atoms with E-state index in [2.05, 4.69) is 19.6 Å². The summed E-state index contributed by atoms with van der Waals surface area (Å²) in [4.78, 5) is 0. The quantitative estimate of drug-likeness (QED) is 0.779. The van der Waals surface area contributed by atoms with Gasteiger partial charge in [-0.05, 0) is 11.3 Å². The van der Waals surface area contributed by atoms with E-state index in [9.17, 15) is 8.42 Å². The third-order valence-corrected chi connectivity index (χ3v) is 5.65. The third kappa shape index (κ3) is 3.55. The summed E-state index contributed by atoms with van der Waals surface area (Å²) < 4.78 is 29.6. The normalized spacial score (nSPS) is 12.8. The van der Waals surface area contributed by atoms with Crippen LogP contribution in [0.5, 0.6) is 5.75 Å². The summed E-state index contributed by atoms with van der Waals surface area (Å²) >= 11 is 0. The highest BCUT2D eigenvalue weighted by molar-refractivity contribution is 7.84. The zero-order valence-corrected chi connectivity index (χ0v) is 12.7. The minimum atomic E-state index is -3.68. The molecule has 0 atom stereocenters. The largest absolute Gasteiger partial charge is 0.384 e. The summed E-state index contributed by atoms with van der Waals surface area (Å²) in [5.74, 6) is 0.445. The molecule has 0 unspecified atom stereocenters. The second kappa shape index (κ2) is 4.79. The number of hydrogen-bond donors (Lipinski definition) is 0. The number of nitrogens with zero attached hydrogens (tertiary/aromatic N) is 1. The Hall–Kier alpha value is -0.853. The summed E-state index contributed by atoms with van der Waals surface area (Å²) in [6.07, 6.45) is 0. The molecule has 0 heterocycles. The second-order valence-electron chi connectivity index (χ2n) is 5.07. The number of hydrogen-bond acceptors (Lipinski definition) is 3. The van der Waals surface area contributed by atoms with E-state index in [1.807, 2.05) is 12.1 Å². The van der Waals surface area contributed by atoms with Gasteiger partial charge in [0.25, 0.3) is 0 Å². The Morgan fingerprint density at radius 3 is 2.12 bits per heavy atom. The van der Waals surface area contributed by atoms with Gasteiger partial charge in [0.1, 0.15) is 5.75 Å². The Morgan fingerprint density at radius 1 is 1.12 bits per heavy atom. The zero-order chi connectivity index (χ0) is 13.3. The fraction of sp³-hybridized carbons (Fsp3) is 0.455.